The first-order valence-electron chi connectivity index (χ1n) is 14.3. The first-order chi connectivity index (χ1) is 19.3. The van der Waals surface area contributed by atoms with Gasteiger partial charge in [0.1, 0.15) is 0 Å². The highest BCUT2D eigenvalue weighted by molar-refractivity contribution is 5.64. The molecule has 0 fully saturated rings. The Morgan fingerprint density at radius 3 is 1.93 bits per heavy atom. The van der Waals surface area contributed by atoms with E-state index in [0.717, 1.165) is 19.5 Å². The molecule has 0 radical (unpaired) electrons. The maximum absolute atomic E-state index is 10.7. The SMILES string of the molecule is C=CC(F)(F)F.CC.CCC1=CNCN1.CCc1cc(-c2ccccc2)ccc1CC[C@H](C)Cc1ccccc1. The molecule has 40 heavy (non-hydrogen) atoms. The lowest BCUT2D eigenvalue weighted by Crippen LogP contribution is -2.13. The van der Waals surface area contributed by atoms with E-state index in [1.165, 1.54) is 52.8 Å². The first kappa shape index (κ1) is 34.6. The average Bonchev–Trinajstić information content (AvgIpc) is 3.53. The van der Waals surface area contributed by atoms with E-state index in [9.17, 15) is 13.2 Å². The highest BCUT2D eigenvalue weighted by Gasteiger charge is 2.19. The van der Waals surface area contributed by atoms with Crippen molar-refractivity contribution in [2.24, 2.45) is 5.92 Å². The first-order valence-corrected chi connectivity index (χ1v) is 14.3. The van der Waals surface area contributed by atoms with Crippen molar-refractivity contribution in [3.05, 3.63) is 120 Å². The molecule has 0 saturated heterocycles. The minimum absolute atomic E-state index is 0.0625. The Morgan fingerprint density at radius 1 is 0.850 bits per heavy atom. The van der Waals surface area contributed by atoms with E-state index < -0.39 is 6.18 Å². The largest absolute Gasteiger partial charge is 0.409 e. The molecule has 0 aromatic heterocycles. The van der Waals surface area contributed by atoms with Crippen molar-refractivity contribution in [2.45, 2.75) is 72.9 Å². The third kappa shape index (κ3) is 14.1. The number of aryl methyl sites for hydroxylation is 2. The van der Waals surface area contributed by atoms with Gasteiger partial charge < -0.3 is 10.6 Å². The van der Waals surface area contributed by atoms with Crippen molar-refractivity contribution in [1.82, 2.24) is 10.6 Å². The number of halogens is 3. The fourth-order valence-electron chi connectivity index (χ4n) is 4.15. The quantitative estimate of drug-likeness (QED) is 0.272. The number of benzene rings is 3. The van der Waals surface area contributed by atoms with Crippen LogP contribution in [-0.4, -0.2) is 12.8 Å². The van der Waals surface area contributed by atoms with Crippen LogP contribution in [0.15, 0.2) is 103 Å². The summed E-state index contributed by atoms with van der Waals surface area (Å²) >= 11 is 0. The van der Waals surface area contributed by atoms with Gasteiger partial charge in [0, 0.05) is 18.0 Å². The van der Waals surface area contributed by atoms with Gasteiger partial charge in [-0.15, -0.1) is 0 Å². The number of rotatable bonds is 8. The van der Waals surface area contributed by atoms with Gasteiger partial charge in [-0.25, -0.2) is 0 Å². The molecule has 4 rings (SSSR count). The van der Waals surface area contributed by atoms with Crippen molar-refractivity contribution < 1.29 is 13.2 Å². The third-order valence-corrected chi connectivity index (χ3v) is 6.33. The van der Waals surface area contributed by atoms with E-state index >= 15 is 0 Å². The molecule has 0 aliphatic carbocycles. The van der Waals surface area contributed by atoms with Gasteiger partial charge in [-0.05, 0) is 65.8 Å². The molecule has 0 unspecified atom stereocenters. The summed E-state index contributed by atoms with van der Waals surface area (Å²) in [6.45, 7) is 14.2. The molecule has 0 bridgehead atoms. The molecular weight excluding hydrogens is 505 g/mol. The Bertz CT molecular complexity index is 1110. The van der Waals surface area contributed by atoms with Crippen LogP contribution in [0.25, 0.3) is 11.1 Å². The van der Waals surface area contributed by atoms with Crippen molar-refractivity contribution in [1.29, 1.82) is 0 Å². The van der Waals surface area contributed by atoms with Crippen molar-refractivity contribution in [3.63, 3.8) is 0 Å². The van der Waals surface area contributed by atoms with E-state index in [1.54, 1.807) is 0 Å². The van der Waals surface area contributed by atoms with Gasteiger partial charge >= 0.3 is 6.18 Å². The summed E-state index contributed by atoms with van der Waals surface area (Å²) in [5.41, 5.74) is 8.40. The molecule has 0 spiro atoms. The maximum Gasteiger partial charge on any atom is 0.409 e. The second-order valence-electron chi connectivity index (χ2n) is 9.36. The van der Waals surface area contributed by atoms with Crippen LogP contribution in [0.3, 0.4) is 0 Å². The minimum Gasteiger partial charge on any atom is -0.372 e. The van der Waals surface area contributed by atoms with Gasteiger partial charge in [0.05, 0.1) is 6.67 Å². The summed E-state index contributed by atoms with van der Waals surface area (Å²) in [6.07, 6.45) is 3.55. The predicted octanol–water partition coefficient (Wildman–Crippen LogP) is 9.88. The summed E-state index contributed by atoms with van der Waals surface area (Å²) in [7, 11) is 0. The smallest absolute Gasteiger partial charge is 0.372 e. The number of hydrogen-bond donors (Lipinski definition) is 2. The normalized spacial score (nSPS) is 12.4. The monoisotopic (exact) mass is 552 g/mol. The van der Waals surface area contributed by atoms with Crippen molar-refractivity contribution in [3.8, 4) is 11.1 Å². The van der Waals surface area contributed by atoms with Crippen molar-refractivity contribution >= 4 is 0 Å². The standard InChI is InChI=1S/C25H28.C5H10N2.C3H3F3.C2H6/c1-3-22-19-25(23-12-8-5-9-13-23)17-16-24(22)15-14-20(2)18-21-10-6-4-7-11-21;1-2-5-3-6-4-7-5;1-2-3(4,5)6;1-2/h4-13,16-17,19-20H,3,14-15,18H2,1-2H3;3,6-7H,2,4H2,1H3;2H,1H2;1-2H3/t20-;;;/m0.../s1. The van der Waals surface area contributed by atoms with Crippen LogP contribution in [-0.2, 0) is 19.3 Å². The summed E-state index contributed by atoms with van der Waals surface area (Å²) in [4.78, 5) is 0. The Balaban J connectivity index is 0.000000437. The zero-order valence-electron chi connectivity index (χ0n) is 24.8. The van der Waals surface area contributed by atoms with E-state index in [2.05, 4.69) is 117 Å². The second-order valence-corrected chi connectivity index (χ2v) is 9.36. The molecule has 0 saturated carbocycles. The lowest BCUT2D eigenvalue weighted by Gasteiger charge is -2.15. The molecule has 0 amide bonds. The van der Waals surface area contributed by atoms with E-state index in [-0.39, 0.29) is 6.08 Å². The maximum atomic E-state index is 10.7. The number of allylic oxidation sites excluding steroid dienone is 2. The average molecular weight is 553 g/mol. The van der Waals surface area contributed by atoms with Gasteiger partial charge in [0.25, 0.3) is 0 Å². The summed E-state index contributed by atoms with van der Waals surface area (Å²) < 4.78 is 32.0. The summed E-state index contributed by atoms with van der Waals surface area (Å²) in [6, 6.07) is 28.5. The molecule has 2 nitrogen and oxygen atoms in total. The second kappa shape index (κ2) is 19.6. The number of alkyl halides is 3. The molecule has 1 aliphatic rings. The van der Waals surface area contributed by atoms with Gasteiger partial charge in [-0.3, -0.25) is 0 Å². The zero-order chi connectivity index (χ0) is 29.8. The number of hydrogen-bond acceptors (Lipinski definition) is 2. The summed E-state index contributed by atoms with van der Waals surface area (Å²) in [5.74, 6) is 0.709. The zero-order valence-corrected chi connectivity index (χ0v) is 24.8. The molecule has 3 aromatic carbocycles. The van der Waals surface area contributed by atoms with E-state index in [4.69, 9.17) is 0 Å². The van der Waals surface area contributed by atoms with Gasteiger partial charge in [0.15, 0.2) is 0 Å². The minimum atomic E-state index is -4.19. The fourth-order valence-corrected chi connectivity index (χ4v) is 4.15. The topological polar surface area (TPSA) is 24.1 Å². The van der Waals surface area contributed by atoms with E-state index in [0.29, 0.717) is 5.92 Å². The molecule has 1 atom stereocenters. The van der Waals surface area contributed by atoms with Crippen LogP contribution in [0, 0.1) is 5.92 Å². The van der Waals surface area contributed by atoms with Crippen LogP contribution in [0.1, 0.15) is 64.2 Å². The fraction of sp³-hybridized carbons (Fsp3) is 0.371. The molecule has 2 N–H and O–H groups in total. The van der Waals surface area contributed by atoms with Crippen LogP contribution in [0.2, 0.25) is 0 Å². The Labute approximate surface area is 240 Å². The van der Waals surface area contributed by atoms with Gasteiger partial charge in [-0.2, -0.15) is 13.2 Å². The molecular formula is C35H47F3N2. The van der Waals surface area contributed by atoms with Crippen molar-refractivity contribution in [2.75, 3.05) is 6.67 Å². The molecule has 218 valence electrons. The molecule has 1 heterocycles. The molecule has 1 aliphatic heterocycles. The molecule has 5 heteroatoms. The third-order valence-electron chi connectivity index (χ3n) is 6.33. The Kier molecular flexibility index (Phi) is 16.9. The lowest BCUT2D eigenvalue weighted by molar-refractivity contribution is -0.0795. The van der Waals surface area contributed by atoms with E-state index in [1.807, 2.05) is 20.0 Å². The lowest BCUT2D eigenvalue weighted by atomic mass is 9.91. The van der Waals surface area contributed by atoms with Crippen LogP contribution >= 0.6 is 0 Å². The Morgan fingerprint density at radius 2 is 1.45 bits per heavy atom. The van der Waals surface area contributed by atoms with Crippen LogP contribution in [0.5, 0.6) is 0 Å². The van der Waals surface area contributed by atoms with Gasteiger partial charge in [-0.1, -0.05) is 120 Å². The van der Waals surface area contributed by atoms with Gasteiger partial charge in [0.2, 0.25) is 0 Å². The molecule has 3 aromatic rings. The summed E-state index contributed by atoms with van der Waals surface area (Å²) in [5, 5.41) is 6.21. The number of nitrogens with one attached hydrogen (secondary N) is 2. The van der Waals surface area contributed by atoms with Crippen LogP contribution < -0.4 is 10.6 Å². The predicted molar refractivity (Wildman–Crippen MR) is 166 cm³/mol. The van der Waals surface area contributed by atoms with Crippen LogP contribution in [0.4, 0.5) is 13.2 Å². The highest BCUT2D eigenvalue weighted by atomic mass is 19.4. The highest BCUT2D eigenvalue weighted by Crippen LogP contribution is 2.25. The Hall–Kier alpha value is -3.47.